The van der Waals surface area contributed by atoms with Crippen molar-refractivity contribution >= 4 is 17.0 Å². The maximum Gasteiger partial charge on any atom is 0.257 e. The van der Waals surface area contributed by atoms with Gasteiger partial charge in [0.05, 0.1) is 28.0 Å². The quantitative estimate of drug-likeness (QED) is 0.467. The lowest BCUT2D eigenvalue weighted by Gasteiger charge is -2.06. The van der Waals surface area contributed by atoms with Crippen LogP contribution in [0.25, 0.3) is 28.0 Å². The van der Waals surface area contributed by atoms with Crippen LogP contribution in [0.3, 0.4) is 0 Å². The van der Waals surface area contributed by atoms with Crippen LogP contribution in [-0.2, 0) is 6.54 Å². The summed E-state index contributed by atoms with van der Waals surface area (Å²) in [5.41, 5.74) is 5.26. The molecule has 5 rings (SSSR count). The van der Waals surface area contributed by atoms with Gasteiger partial charge in [-0.3, -0.25) is 4.79 Å². The molecule has 3 aromatic heterocycles. The highest BCUT2D eigenvalue weighted by Gasteiger charge is 2.15. The number of pyridine rings is 1. The molecule has 0 saturated carbocycles. The number of aryl methyl sites for hydroxylation is 1. The number of benzene rings is 2. The fourth-order valence-electron chi connectivity index (χ4n) is 3.44. The van der Waals surface area contributed by atoms with Gasteiger partial charge in [-0.25, -0.2) is 9.67 Å². The molecule has 0 spiro atoms. The number of para-hydroxylation sites is 1. The van der Waals surface area contributed by atoms with E-state index in [0.717, 1.165) is 27.9 Å². The Balaban J connectivity index is 1.44. The zero-order valence-electron chi connectivity index (χ0n) is 16.8. The maximum absolute atomic E-state index is 12.8. The number of hydrogen-bond acceptors (Lipinski definition) is 5. The molecule has 7 nitrogen and oxygen atoms in total. The molecule has 0 saturated heterocycles. The Morgan fingerprint density at radius 2 is 1.81 bits per heavy atom. The molecule has 0 unspecified atom stereocenters. The predicted molar refractivity (Wildman–Crippen MR) is 117 cm³/mol. The molecule has 0 atom stereocenters. The van der Waals surface area contributed by atoms with E-state index in [1.54, 1.807) is 6.07 Å². The number of amides is 1. The third-order valence-electron chi connectivity index (χ3n) is 5.07. The van der Waals surface area contributed by atoms with Crippen LogP contribution in [0.5, 0.6) is 0 Å². The van der Waals surface area contributed by atoms with Gasteiger partial charge < -0.3 is 9.84 Å². The van der Waals surface area contributed by atoms with Crippen molar-refractivity contribution in [3.8, 4) is 16.9 Å². The molecule has 0 aliphatic carbocycles. The first-order valence-corrected chi connectivity index (χ1v) is 9.88. The first kappa shape index (κ1) is 18.7. The van der Waals surface area contributed by atoms with Gasteiger partial charge in [0.15, 0.2) is 0 Å². The number of aromatic nitrogens is 4. The first-order chi connectivity index (χ1) is 15.2. The smallest absolute Gasteiger partial charge is 0.257 e. The summed E-state index contributed by atoms with van der Waals surface area (Å²) in [6.07, 6.45) is 3.44. The summed E-state index contributed by atoms with van der Waals surface area (Å²) >= 11 is 0. The molecule has 1 N–H and O–H groups in total. The zero-order chi connectivity index (χ0) is 21.2. The molecule has 2 aromatic carbocycles. The number of nitrogens with one attached hydrogen (secondary N) is 1. The van der Waals surface area contributed by atoms with Gasteiger partial charge in [-0.1, -0.05) is 53.7 Å². The molecular formula is C24H19N5O2. The van der Waals surface area contributed by atoms with Crippen LogP contribution in [0.1, 0.15) is 21.6 Å². The van der Waals surface area contributed by atoms with E-state index in [-0.39, 0.29) is 5.91 Å². The van der Waals surface area contributed by atoms with E-state index in [1.807, 2.05) is 78.5 Å². The standard InChI is InChI=1S/C24H19N5O2/c1-16-21-12-18(13-26-24(21)31-28-16)23(30)25-14-19-15-29(20-10-6-3-7-11-20)27-22(19)17-8-4-2-5-9-17/h2-13,15H,14H2,1H3,(H,25,30). The van der Waals surface area contributed by atoms with E-state index in [9.17, 15) is 4.79 Å². The second-order valence-electron chi connectivity index (χ2n) is 7.18. The molecule has 5 aromatic rings. The molecule has 7 heteroatoms. The Morgan fingerprint density at radius 3 is 2.58 bits per heavy atom. The van der Waals surface area contributed by atoms with E-state index >= 15 is 0 Å². The van der Waals surface area contributed by atoms with E-state index in [4.69, 9.17) is 9.62 Å². The lowest BCUT2D eigenvalue weighted by Crippen LogP contribution is -2.23. The minimum absolute atomic E-state index is 0.221. The topological polar surface area (TPSA) is 85.8 Å². The van der Waals surface area contributed by atoms with Crippen molar-refractivity contribution in [1.29, 1.82) is 0 Å². The number of rotatable bonds is 5. The molecule has 152 valence electrons. The second kappa shape index (κ2) is 7.87. The van der Waals surface area contributed by atoms with Crippen LogP contribution in [0, 0.1) is 6.92 Å². The van der Waals surface area contributed by atoms with Gasteiger partial charge in [0.25, 0.3) is 11.6 Å². The fourth-order valence-corrected chi connectivity index (χ4v) is 3.44. The Hall–Kier alpha value is -4.26. The van der Waals surface area contributed by atoms with Gasteiger partial charge in [-0.2, -0.15) is 5.10 Å². The third-order valence-corrected chi connectivity index (χ3v) is 5.07. The monoisotopic (exact) mass is 409 g/mol. The molecule has 1 amide bonds. The summed E-state index contributed by atoms with van der Waals surface area (Å²) in [7, 11) is 0. The van der Waals surface area contributed by atoms with Crippen molar-refractivity contribution in [2.24, 2.45) is 0 Å². The molecular weight excluding hydrogens is 390 g/mol. The number of carbonyl (C=O) groups is 1. The highest BCUT2D eigenvalue weighted by molar-refractivity contribution is 5.97. The van der Waals surface area contributed by atoms with Crippen molar-refractivity contribution in [2.45, 2.75) is 13.5 Å². The van der Waals surface area contributed by atoms with Gasteiger partial charge in [0.2, 0.25) is 0 Å². The summed E-state index contributed by atoms with van der Waals surface area (Å²) in [6, 6.07) is 21.6. The Kier molecular flexibility index (Phi) is 4.76. The van der Waals surface area contributed by atoms with Crippen LogP contribution in [0.2, 0.25) is 0 Å². The number of carbonyl (C=O) groups excluding carboxylic acids is 1. The third kappa shape index (κ3) is 3.69. The molecule has 0 radical (unpaired) electrons. The van der Waals surface area contributed by atoms with Crippen molar-refractivity contribution in [1.82, 2.24) is 25.2 Å². The molecule has 0 aliphatic heterocycles. The minimum atomic E-state index is -0.221. The average Bonchev–Trinajstić information content (AvgIpc) is 3.42. The normalized spacial score (nSPS) is 11.0. The summed E-state index contributed by atoms with van der Waals surface area (Å²) in [5, 5.41) is 12.4. The van der Waals surface area contributed by atoms with Crippen LogP contribution in [-0.4, -0.2) is 25.8 Å². The molecule has 3 heterocycles. The van der Waals surface area contributed by atoms with Crippen LogP contribution >= 0.6 is 0 Å². The van der Waals surface area contributed by atoms with Crippen LogP contribution < -0.4 is 5.32 Å². The highest BCUT2D eigenvalue weighted by atomic mass is 16.5. The van der Waals surface area contributed by atoms with Gasteiger partial charge in [0.1, 0.15) is 0 Å². The highest BCUT2D eigenvalue weighted by Crippen LogP contribution is 2.24. The summed E-state index contributed by atoms with van der Waals surface area (Å²) in [4.78, 5) is 17.0. The molecule has 0 bridgehead atoms. The summed E-state index contributed by atoms with van der Waals surface area (Å²) in [6.45, 7) is 2.15. The molecule has 0 aliphatic rings. The second-order valence-corrected chi connectivity index (χ2v) is 7.18. The number of fused-ring (bicyclic) bond motifs is 1. The SMILES string of the molecule is Cc1noc2ncc(C(=O)NCc3cn(-c4ccccc4)nc3-c3ccccc3)cc12. The van der Waals surface area contributed by atoms with Crippen molar-refractivity contribution < 1.29 is 9.32 Å². The summed E-state index contributed by atoms with van der Waals surface area (Å²) < 4.78 is 6.95. The van der Waals surface area contributed by atoms with E-state index in [0.29, 0.717) is 23.5 Å². The minimum Gasteiger partial charge on any atom is -0.348 e. The van der Waals surface area contributed by atoms with Gasteiger partial charge in [-0.15, -0.1) is 0 Å². The maximum atomic E-state index is 12.8. The first-order valence-electron chi connectivity index (χ1n) is 9.88. The lowest BCUT2D eigenvalue weighted by molar-refractivity contribution is 0.0951. The number of hydrogen-bond donors (Lipinski definition) is 1. The predicted octanol–water partition coefficient (Wildman–Crippen LogP) is 4.31. The van der Waals surface area contributed by atoms with Gasteiger partial charge in [-0.05, 0) is 25.1 Å². The number of nitrogens with zero attached hydrogens (tertiary/aromatic N) is 4. The Labute approximate surface area is 178 Å². The van der Waals surface area contributed by atoms with Crippen LogP contribution in [0.15, 0.2) is 83.6 Å². The Bertz CT molecular complexity index is 1360. The van der Waals surface area contributed by atoms with Gasteiger partial charge in [0, 0.05) is 30.1 Å². The van der Waals surface area contributed by atoms with Crippen molar-refractivity contribution in [3.05, 3.63) is 95.9 Å². The van der Waals surface area contributed by atoms with Gasteiger partial charge >= 0.3 is 0 Å². The summed E-state index contributed by atoms with van der Waals surface area (Å²) in [5.74, 6) is -0.221. The molecule has 31 heavy (non-hydrogen) atoms. The zero-order valence-corrected chi connectivity index (χ0v) is 16.8. The lowest BCUT2D eigenvalue weighted by atomic mass is 10.1. The average molecular weight is 409 g/mol. The Morgan fingerprint density at radius 1 is 1.06 bits per heavy atom. The van der Waals surface area contributed by atoms with E-state index in [1.165, 1.54) is 6.20 Å². The van der Waals surface area contributed by atoms with E-state index < -0.39 is 0 Å². The van der Waals surface area contributed by atoms with Crippen molar-refractivity contribution in [3.63, 3.8) is 0 Å². The molecule has 0 fully saturated rings. The van der Waals surface area contributed by atoms with Crippen molar-refractivity contribution in [2.75, 3.05) is 0 Å². The van der Waals surface area contributed by atoms with E-state index in [2.05, 4.69) is 15.5 Å². The largest absolute Gasteiger partial charge is 0.348 e. The fraction of sp³-hybridized carbons (Fsp3) is 0.0833. The van der Waals surface area contributed by atoms with Crippen LogP contribution in [0.4, 0.5) is 0 Å².